The minimum absolute atomic E-state index is 0.150. The first-order valence-electron chi connectivity index (χ1n) is 12.6. The third kappa shape index (κ3) is 6.09. The van der Waals surface area contributed by atoms with Gasteiger partial charge in [-0.2, -0.15) is 18.3 Å². The lowest BCUT2D eigenvalue weighted by Gasteiger charge is -2.13. The van der Waals surface area contributed by atoms with Gasteiger partial charge in [-0.3, -0.25) is 4.79 Å². The average molecular weight is 535 g/mol. The number of hydrogen-bond acceptors (Lipinski definition) is 3. The monoisotopic (exact) mass is 534 g/mol. The van der Waals surface area contributed by atoms with Crippen LogP contribution in [0.15, 0.2) is 84.9 Å². The molecule has 1 fully saturated rings. The Bertz CT molecular complexity index is 1520. The summed E-state index contributed by atoms with van der Waals surface area (Å²) in [5, 5.41) is 6.09. The molecule has 0 atom stereocenters. The molecule has 0 aliphatic heterocycles. The second-order valence-electron chi connectivity index (χ2n) is 9.51. The molecular formula is C30H26F4N4O. The zero-order valence-corrected chi connectivity index (χ0v) is 20.9. The lowest BCUT2D eigenvalue weighted by Crippen LogP contribution is -2.18. The Kier molecular flexibility index (Phi) is 7.34. The van der Waals surface area contributed by atoms with Crippen molar-refractivity contribution >= 4 is 17.2 Å². The molecule has 0 radical (unpaired) electrons. The highest BCUT2D eigenvalue weighted by Gasteiger charge is 2.36. The molecule has 0 bridgehead atoms. The fourth-order valence-electron chi connectivity index (χ4n) is 4.33. The number of carbonyl (C=O) groups is 1. The minimum Gasteiger partial charge on any atom is -0.326 e. The van der Waals surface area contributed by atoms with E-state index in [1.807, 2.05) is 30.3 Å². The van der Waals surface area contributed by atoms with Crippen LogP contribution < -0.4 is 11.1 Å². The molecule has 1 aliphatic carbocycles. The van der Waals surface area contributed by atoms with Crippen LogP contribution in [0, 0.1) is 11.7 Å². The maximum Gasteiger partial charge on any atom is 0.435 e. The van der Waals surface area contributed by atoms with Gasteiger partial charge in [0.1, 0.15) is 11.5 Å². The van der Waals surface area contributed by atoms with Crippen molar-refractivity contribution in [2.45, 2.75) is 32.0 Å². The first-order valence-corrected chi connectivity index (χ1v) is 12.6. The van der Waals surface area contributed by atoms with E-state index >= 15 is 0 Å². The number of carbonyl (C=O) groups excluding carboxylic acids is 1. The number of anilines is 1. The summed E-state index contributed by atoms with van der Waals surface area (Å²) in [7, 11) is 0. The molecule has 1 amide bonds. The van der Waals surface area contributed by atoms with Gasteiger partial charge in [-0.1, -0.05) is 54.6 Å². The van der Waals surface area contributed by atoms with Gasteiger partial charge in [-0.25, -0.2) is 9.07 Å². The largest absolute Gasteiger partial charge is 0.435 e. The Morgan fingerprint density at radius 1 is 1.00 bits per heavy atom. The SMILES string of the molecule is NCc1cccc(-n2nc(C(F)(F)F)cc2C(=O)Nc2cc(/C(=C\CC3CC3)c3ccccc3)ccc2F)c1. The normalized spacial score (nSPS) is 13.9. The van der Waals surface area contributed by atoms with E-state index in [9.17, 15) is 22.4 Å². The molecule has 0 saturated heterocycles. The Balaban J connectivity index is 1.51. The van der Waals surface area contributed by atoms with Crippen LogP contribution in [-0.2, 0) is 12.7 Å². The molecule has 0 spiro atoms. The molecule has 1 saturated carbocycles. The van der Waals surface area contributed by atoms with Gasteiger partial charge in [0.05, 0.1) is 11.4 Å². The van der Waals surface area contributed by atoms with Gasteiger partial charge in [0.2, 0.25) is 0 Å². The molecular weight excluding hydrogens is 508 g/mol. The van der Waals surface area contributed by atoms with Crippen LogP contribution in [0.25, 0.3) is 11.3 Å². The molecule has 5 nitrogen and oxygen atoms in total. The zero-order valence-electron chi connectivity index (χ0n) is 20.9. The standard InChI is InChI=1S/C30H26F4N4O/c31-25-14-12-22(24(13-11-19-9-10-19)21-6-2-1-3-7-21)16-26(25)36-29(39)27-17-28(30(32,33)34)37-38(27)23-8-4-5-20(15-23)18-35/h1-8,12-17,19H,9-11,18,35H2,(H,36,39)/b24-13-. The van der Waals surface area contributed by atoms with Crippen molar-refractivity contribution in [3.8, 4) is 5.69 Å². The molecule has 200 valence electrons. The van der Waals surface area contributed by atoms with Gasteiger partial charge in [-0.05, 0) is 71.7 Å². The number of rotatable bonds is 8. The Morgan fingerprint density at radius 3 is 2.46 bits per heavy atom. The predicted molar refractivity (Wildman–Crippen MR) is 142 cm³/mol. The van der Waals surface area contributed by atoms with E-state index in [4.69, 9.17) is 5.73 Å². The summed E-state index contributed by atoms with van der Waals surface area (Å²) in [6.45, 7) is 0.152. The van der Waals surface area contributed by atoms with Crippen molar-refractivity contribution < 1.29 is 22.4 Å². The first kappa shape index (κ1) is 26.4. The quantitative estimate of drug-likeness (QED) is 0.240. The molecule has 9 heteroatoms. The highest BCUT2D eigenvalue weighted by Crippen LogP contribution is 2.36. The summed E-state index contributed by atoms with van der Waals surface area (Å²) in [5.74, 6) is -1.02. The highest BCUT2D eigenvalue weighted by molar-refractivity contribution is 6.04. The number of benzene rings is 3. The molecule has 1 heterocycles. The molecule has 3 N–H and O–H groups in total. The molecule has 39 heavy (non-hydrogen) atoms. The van der Waals surface area contributed by atoms with Crippen LogP contribution in [0.2, 0.25) is 0 Å². The summed E-state index contributed by atoms with van der Waals surface area (Å²) < 4.78 is 56.4. The number of halogens is 4. The number of hydrogen-bond donors (Lipinski definition) is 2. The fourth-order valence-corrected chi connectivity index (χ4v) is 4.33. The lowest BCUT2D eigenvalue weighted by molar-refractivity contribution is -0.141. The topological polar surface area (TPSA) is 72.9 Å². The minimum atomic E-state index is -4.78. The van der Waals surface area contributed by atoms with Crippen molar-refractivity contribution in [2.24, 2.45) is 11.7 Å². The molecule has 1 aromatic heterocycles. The van der Waals surface area contributed by atoms with Crippen molar-refractivity contribution in [1.82, 2.24) is 9.78 Å². The Morgan fingerprint density at radius 2 is 1.77 bits per heavy atom. The van der Waals surface area contributed by atoms with Crippen LogP contribution in [0.5, 0.6) is 0 Å². The zero-order chi connectivity index (χ0) is 27.6. The van der Waals surface area contributed by atoms with Crippen molar-refractivity contribution in [3.63, 3.8) is 0 Å². The van der Waals surface area contributed by atoms with E-state index in [1.165, 1.54) is 31.0 Å². The van der Waals surface area contributed by atoms with Crippen LogP contribution in [0.1, 0.15) is 52.1 Å². The van der Waals surface area contributed by atoms with Crippen molar-refractivity contribution in [2.75, 3.05) is 5.32 Å². The number of nitrogens with one attached hydrogen (secondary N) is 1. The third-order valence-corrected chi connectivity index (χ3v) is 6.59. The molecule has 4 aromatic rings. The van der Waals surface area contributed by atoms with Gasteiger partial charge in [0.15, 0.2) is 5.69 Å². The smallest absolute Gasteiger partial charge is 0.326 e. The summed E-state index contributed by atoms with van der Waals surface area (Å²) >= 11 is 0. The van der Waals surface area contributed by atoms with Crippen LogP contribution in [-0.4, -0.2) is 15.7 Å². The number of alkyl halides is 3. The van der Waals surface area contributed by atoms with E-state index in [0.29, 0.717) is 23.1 Å². The third-order valence-electron chi connectivity index (χ3n) is 6.59. The van der Waals surface area contributed by atoms with E-state index in [-0.39, 0.29) is 17.9 Å². The number of aromatic nitrogens is 2. The fraction of sp³-hybridized carbons (Fsp3) is 0.200. The van der Waals surface area contributed by atoms with Crippen molar-refractivity contribution in [3.05, 3.63) is 119 Å². The predicted octanol–water partition coefficient (Wildman–Crippen LogP) is 6.97. The van der Waals surface area contributed by atoms with Gasteiger partial charge in [-0.15, -0.1) is 0 Å². The van der Waals surface area contributed by atoms with Gasteiger partial charge >= 0.3 is 6.18 Å². The van der Waals surface area contributed by atoms with Crippen LogP contribution in [0.4, 0.5) is 23.2 Å². The summed E-state index contributed by atoms with van der Waals surface area (Å²) in [4.78, 5) is 13.3. The molecule has 1 aliphatic rings. The first-order chi connectivity index (χ1) is 18.7. The van der Waals surface area contributed by atoms with E-state index in [2.05, 4.69) is 16.5 Å². The number of nitrogens with two attached hydrogens (primary N) is 1. The highest BCUT2D eigenvalue weighted by atomic mass is 19.4. The number of allylic oxidation sites excluding steroid dienone is 1. The molecule has 0 unspecified atom stereocenters. The van der Waals surface area contributed by atoms with Gasteiger partial charge in [0.25, 0.3) is 5.91 Å². The Hall–Kier alpha value is -4.24. The van der Waals surface area contributed by atoms with E-state index in [0.717, 1.165) is 22.2 Å². The second kappa shape index (κ2) is 10.9. The van der Waals surface area contributed by atoms with Gasteiger partial charge < -0.3 is 11.1 Å². The van der Waals surface area contributed by atoms with Crippen LogP contribution >= 0.6 is 0 Å². The maximum absolute atomic E-state index is 14.9. The van der Waals surface area contributed by atoms with Crippen LogP contribution in [0.3, 0.4) is 0 Å². The molecule has 3 aromatic carbocycles. The lowest BCUT2D eigenvalue weighted by atomic mass is 9.96. The van der Waals surface area contributed by atoms with E-state index in [1.54, 1.807) is 24.3 Å². The van der Waals surface area contributed by atoms with Crippen molar-refractivity contribution in [1.29, 1.82) is 0 Å². The average Bonchev–Trinajstić information content (AvgIpc) is 3.64. The molecule has 5 rings (SSSR count). The second-order valence-corrected chi connectivity index (χ2v) is 9.51. The van der Waals surface area contributed by atoms with E-state index < -0.39 is 29.3 Å². The van der Waals surface area contributed by atoms with Gasteiger partial charge in [0, 0.05) is 12.6 Å². The summed E-state index contributed by atoms with van der Waals surface area (Å²) in [5.41, 5.74) is 7.27. The summed E-state index contributed by atoms with van der Waals surface area (Å²) in [6.07, 6.45) is 0.551. The maximum atomic E-state index is 14.9. The number of amides is 1. The summed E-state index contributed by atoms with van der Waals surface area (Å²) in [6, 6.07) is 21.0. The number of nitrogens with zero attached hydrogens (tertiary/aromatic N) is 2. The Labute approximate surface area is 223 Å².